The van der Waals surface area contributed by atoms with Gasteiger partial charge in [0.15, 0.2) is 0 Å². The van der Waals surface area contributed by atoms with Crippen LogP contribution >= 0.6 is 0 Å². The van der Waals surface area contributed by atoms with Crippen LogP contribution < -0.4 is 0 Å². The van der Waals surface area contributed by atoms with Gasteiger partial charge in [0, 0.05) is 44.1 Å². The van der Waals surface area contributed by atoms with E-state index in [-0.39, 0.29) is 5.97 Å². The third-order valence-electron chi connectivity index (χ3n) is 7.36. The van der Waals surface area contributed by atoms with Crippen molar-refractivity contribution in [2.24, 2.45) is 7.05 Å². The number of benzene rings is 1. The van der Waals surface area contributed by atoms with Gasteiger partial charge in [-0.2, -0.15) is 5.10 Å². The van der Waals surface area contributed by atoms with Crippen molar-refractivity contribution in [3.8, 4) is 22.4 Å². The molecule has 0 unspecified atom stereocenters. The van der Waals surface area contributed by atoms with Crippen LogP contribution in [0.1, 0.15) is 49.3 Å². The molecule has 37 heavy (non-hydrogen) atoms. The average molecular weight is 498 g/mol. The summed E-state index contributed by atoms with van der Waals surface area (Å²) in [5.41, 5.74) is 6.49. The zero-order valence-corrected chi connectivity index (χ0v) is 21.9. The highest BCUT2D eigenvalue weighted by Crippen LogP contribution is 2.49. The van der Waals surface area contributed by atoms with E-state index in [2.05, 4.69) is 16.1 Å². The molecule has 190 valence electrons. The van der Waals surface area contributed by atoms with E-state index < -0.39 is 11.0 Å². The molecule has 0 spiro atoms. The van der Waals surface area contributed by atoms with Crippen LogP contribution in [0.15, 0.2) is 61.2 Å². The van der Waals surface area contributed by atoms with E-state index in [0.717, 1.165) is 57.9 Å². The highest BCUT2D eigenvalue weighted by Gasteiger charge is 2.52. The maximum Gasteiger partial charge on any atom is 0.316 e. The summed E-state index contributed by atoms with van der Waals surface area (Å²) in [4.78, 5) is 26.1. The van der Waals surface area contributed by atoms with Crippen molar-refractivity contribution in [2.75, 3.05) is 14.2 Å². The second-order valence-corrected chi connectivity index (χ2v) is 10.00. The number of esters is 1. The molecule has 1 aliphatic rings. The number of hydrogen-bond donors (Lipinski definition) is 0. The molecule has 8 nitrogen and oxygen atoms in total. The van der Waals surface area contributed by atoms with Crippen LogP contribution in [0.4, 0.5) is 0 Å². The molecule has 3 aromatic heterocycles. The number of hydrogen-bond acceptors (Lipinski definition) is 7. The molecular weight excluding hydrogens is 466 g/mol. The highest BCUT2D eigenvalue weighted by molar-refractivity contribution is 5.86. The summed E-state index contributed by atoms with van der Waals surface area (Å²) in [6.07, 6.45) is 9.47. The van der Waals surface area contributed by atoms with Crippen LogP contribution in [0.3, 0.4) is 0 Å². The third kappa shape index (κ3) is 4.64. The average Bonchev–Trinajstić information content (AvgIpc) is 3.67. The van der Waals surface area contributed by atoms with Crippen molar-refractivity contribution >= 4 is 5.97 Å². The molecular formula is C29H31N5O3. The van der Waals surface area contributed by atoms with Gasteiger partial charge >= 0.3 is 5.97 Å². The van der Waals surface area contributed by atoms with Crippen LogP contribution in [-0.2, 0) is 38.8 Å². The van der Waals surface area contributed by atoms with Gasteiger partial charge in [-0.25, -0.2) is 0 Å². The Kier molecular flexibility index (Phi) is 6.37. The standard InChI is InChI=1S/C29H31N5O3/c1-28(2,37-5)26-18-30-16-22(33-26)14-25-23(17-32-34(25)3)24-11-8-20(15-31-24)19-6-9-21(10-7-19)29(12-13-29)27(35)36-4/h6-11,15-18H,12-14H2,1-5H3. The second-order valence-electron chi connectivity index (χ2n) is 10.00. The van der Waals surface area contributed by atoms with E-state index in [1.165, 1.54) is 7.11 Å². The van der Waals surface area contributed by atoms with Crippen molar-refractivity contribution in [3.05, 3.63) is 83.8 Å². The van der Waals surface area contributed by atoms with Crippen LogP contribution in [0, 0.1) is 0 Å². The molecule has 0 saturated heterocycles. The number of pyridine rings is 1. The predicted molar refractivity (Wildman–Crippen MR) is 140 cm³/mol. The molecule has 0 N–H and O–H groups in total. The summed E-state index contributed by atoms with van der Waals surface area (Å²) in [5, 5.41) is 4.48. The van der Waals surface area contributed by atoms with Gasteiger partial charge in [-0.1, -0.05) is 30.3 Å². The molecule has 1 fully saturated rings. The highest BCUT2D eigenvalue weighted by atomic mass is 16.5. The Morgan fingerprint density at radius 2 is 1.73 bits per heavy atom. The van der Waals surface area contributed by atoms with Crippen molar-refractivity contribution < 1.29 is 14.3 Å². The molecule has 0 atom stereocenters. The molecule has 1 aliphatic carbocycles. The van der Waals surface area contributed by atoms with E-state index >= 15 is 0 Å². The minimum Gasteiger partial charge on any atom is -0.468 e. The number of aryl methyl sites for hydroxylation is 1. The van der Waals surface area contributed by atoms with Gasteiger partial charge < -0.3 is 9.47 Å². The number of aromatic nitrogens is 5. The lowest BCUT2D eigenvalue weighted by atomic mass is 9.94. The maximum absolute atomic E-state index is 12.2. The van der Waals surface area contributed by atoms with Gasteiger partial charge in [-0.15, -0.1) is 0 Å². The van der Waals surface area contributed by atoms with E-state index in [0.29, 0.717) is 6.42 Å². The molecule has 0 bridgehead atoms. The molecule has 5 rings (SSSR count). The number of ether oxygens (including phenoxy) is 2. The van der Waals surface area contributed by atoms with Gasteiger partial charge in [0.2, 0.25) is 0 Å². The number of carbonyl (C=O) groups is 1. The Morgan fingerprint density at radius 3 is 2.35 bits per heavy atom. The van der Waals surface area contributed by atoms with Gasteiger partial charge in [0.1, 0.15) is 5.60 Å². The summed E-state index contributed by atoms with van der Waals surface area (Å²) in [6, 6.07) is 12.2. The van der Waals surface area contributed by atoms with Crippen LogP contribution in [0.2, 0.25) is 0 Å². The normalized spacial score (nSPS) is 14.4. The van der Waals surface area contributed by atoms with Gasteiger partial charge in [-0.05, 0) is 43.9 Å². The Balaban J connectivity index is 1.37. The number of rotatable bonds is 8. The summed E-state index contributed by atoms with van der Waals surface area (Å²) >= 11 is 0. The Labute approximate surface area is 216 Å². The van der Waals surface area contributed by atoms with E-state index in [9.17, 15) is 4.79 Å². The molecule has 0 amide bonds. The summed E-state index contributed by atoms with van der Waals surface area (Å²) in [7, 11) is 5.04. The SMILES string of the molecule is COC(=O)C1(c2ccc(-c3ccc(-c4cnn(C)c4Cc4cncc(C(C)(C)OC)n4)nc3)cc2)CC1. The monoisotopic (exact) mass is 497 g/mol. The number of nitrogens with zero attached hydrogens (tertiary/aromatic N) is 5. The zero-order chi connectivity index (χ0) is 26.2. The lowest BCUT2D eigenvalue weighted by molar-refractivity contribution is -0.143. The van der Waals surface area contributed by atoms with E-state index in [4.69, 9.17) is 19.4 Å². The summed E-state index contributed by atoms with van der Waals surface area (Å²) in [5.74, 6) is -0.154. The third-order valence-corrected chi connectivity index (χ3v) is 7.36. The minimum atomic E-state index is -0.521. The van der Waals surface area contributed by atoms with Gasteiger partial charge in [0.05, 0.1) is 47.7 Å². The Bertz CT molecular complexity index is 1420. The fourth-order valence-electron chi connectivity index (χ4n) is 4.58. The summed E-state index contributed by atoms with van der Waals surface area (Å²) in [6.45, 7) is 3.94. The fraction of sp³-hybridized carbons (Fsp3) is 0.345. The summed E-state index contributed by atoms with van der Waals surface area (Å²) < 4.78 is 12.4. The van der Waals surface area contributed by atoms with E-state index in [1.54, 1.807) is 19.5 Å². The topological polar surface area (TPSA) is 92.0 Å². The fourth-order valence-corrected chi connectivity index (χ4v) is 4.58. The quantitative estimate of drug-likeness (QED) is 0.328. The first-order valence-electron chi connectivity index (χ1n) is 12.3. The van der Waals surface area contributed by atoms with Crippen molar-refractivity contribution in [2.45, 2.75) is 44.1 Å². The Hall–Kier alpha value is -3.91. The predicted octanol–water partition coefficient (Wildman–Crippen LogP) is 4.62. The number of carbonyl (C=O) groups excluding carboxylic acids is 1. The molecule has 4 aromatic rings. The first-order chi connectivity index (χ1) is 17.8. The number of methoxy groups -OCH3 is 2. The minimum absolute atomic E-state index is 0.154. The first kappa shape index (κ1) is 24.8. The van der Waals surface area contributed by atoms with Crippen molar-refractivity contribution in [3.63, 3.8) is 0 Å². The van der Waals surface area contributed by atoms with Gasteiger partial charge in [0.25, 0.3) is 0 Å². The van der Waals surface area contributed by atoms with E-state index in [1.807, 2.05) is 68.3 Å². The smallest absolute Gasteiger partial charge is 0.316 e. The van der Waals surface area contributed by atoms with Crippen LogP contribution in [0.25, 0.3) is 22.4 Å². The van der Waals surface area contributed by atoms with Crippen LogP contribution in [-0.4, -0.2) is 44.9 Å². The lowest BCUT2D eigenvalue weighted by Crippen LogP contribution is -2.22. The molecule has 0 radical (unpaired) electrons. The molecule has 8 heteroatoms. The van der Waals surface area contributed by atoms with Crippen molar-refractivity contribution in [1.82, 2.24) is 24.7 Å². The molecule has 1 aromatic carbocycles. The zero-order valence-electron chi connectivity index (χ0n) is 21.9. The van der Waals surface area contributed by atoms with Crippen LogP contribution in [0.5, 0.6) is 0 Å². The van der Waals surface area contributed by atoms with Crippen molar-refractivity contribution in [1.29, 1.82) is 0 Å². The molecule has 0 aliphatic heterocycles. The largest absolute Gasteiger partial charge is 0.468 e. The molecule has 3 heterocycles. The maximum atomic E-state index is 12.2. The first-order valence-corrected chi connectivity index (χ1v) is 12.3. The van der Waals surface area contributed by atoms with Gasteiger partial charge in [-0.3, -0.25) is 24.4 Å². The molecule has 1 saturated carbocycles. The lowest BCUT2D eigenvalue weighted by Gasteiger charge is -2.22. The second kappa shape index (κ2) is 9.52. The Morgan fingerprint density at radius 1 is 1.00 bits per heavy atom.